The molecule has 0 aromatic heterocycles. The van der Waals surface area contributed by atoms with E-state index in [1.165, 1.54) is 0 Å². The molecule has 2 atom stereocenters. The number of hydrogen-bond acceptors (Lipinski definition) is 3. The van der Waals surface area contributed by atoms with E-state index in [1.54, 1.807) is 4.90 Å². The molecule has 1 saturated carbocycles. The van der Waals surface area contributed by atoms with Gasteiger partial charge in [-0.15, -0.1) is 0 Å². The van der Waals surface area contributed by atoms with Gasteiger partial charge in [-0.25, -0.2) is 21.6 Å². The van der Waals surface area contributed by atoms with Crippen molar-refractivity contribution >= 4 is 15.9 Å². The van der Waals surface area contributed by atoms with Crippen molar-refractivity contribution in [1.29, 1.82) is 0 Å². The number of carbonyl (C=O) groups is 1. The van der Waals surface area contributed by atoms with E-state index in [2.05, 4.69) is 0 Å². The van der Waals surface area contributed by atoms with E-state index >= 15 is 0 Å². The van der Waals surface area contributed by atoms with E-state index in [0.29, 0.717) is 18.1 Å². The highest BCUT2D eigenvalue weighted by molar-refractivity contribution is 7.89. The molecule has 1 aromatic carbocycles. The molecule has 24 heavy (non-hydrogen) atoms. The minimum atomic E-state index is -4.28. The first-order valence-electron chi connectivity index (χ1n) is 7.66. The topological polar surface area (TPSA) is 57.7 Å². The predicted octanol–water partition coefficient (Wildman–Crippen LogP) is 1.59. The Bertz CT molecular complexity index is 776. The van der Waals surface area contributed by atoms with Crippen LogP contribution in [0.2, 0.25) is 0 Å². The highest BCUT2D eigenvalue weighted by atomic mass is 32.2. The number of piperazine rings is 1. The van der Waals surface area contributed by atoms with Crippen LogP contribution < -0.4 is 0 Å². The maximum absolute atomic E-state index is 13.8. The average molecular weight is 362 g/mol. The standard InChI is InChI=1S/C15H17F3N2O3S/c1-9-8-10(9)15(21)19-4-6-20(7-5-19)24(22,23)12-3-2-11(16)13(17)14(12)18/h2-3,9-10H,4-8H2,1H3. The van der Waals surface area contributed by atoms with Crippen LogP contribution in [0.4, 0.5) is 13.2 Å². The Morgan fingerprint density at radius 2 is 1.67 bits per heavy atom. The molecule has 2 fully saturated rings. The van der Waals surface area contributed by atoms with Crippen LogP contribution >= 0.6 is 0 Å². The Morgan fingerprint density at radius 3 is 2.21 bits per heavy atom. The highest BCUT2D eigenvalue weighted by Gasteiger charge is 2.43. The lowest BCUT2D eigenvalue weighted by Gasteiger charge is -2.34. The van der Waals surface area contributed by atoms with Crippen molar-refractivity contribution in [2.75, 3.05) is 26.2 Å². The van der Waals surface area contributed by atoms with E-state index in [9.17, 15) is 26.4 Å². The van der Waals surface area contributed by atoms with Crippen molar-refractivity contribution in [2.45, 2.75) is 18.2 Å². The fraction of sp³-hybridized carbons (Fsp3) is 0.533. The number of carbonyl (C=O) groups excluding carboxylic acids is 1. The van der Waals surface area contributed by atoms with Gasteiger partial charge < -0.3 is 4.90 Å². The fourth-order valence-corrected chi connectivity index (χ4v) is 4.37. The van der Waals surface area contributed by atoms with Crippen LogP contribution in [0.3, 0.4) is 0 Å². The molecular formula is C15H17F3N2O3S. The van der Waals surface area contributed by atoms with Gasteiger partial charge in [-0.2, -0.15) is 4.31 Å². The van der Waals surface area contributed by atoms with Gasteiger partial charge in [-0.05, 0) is 24.5 Å². The first kappa shape index (κ1) is 17.2. The molecule has 3 rings (SSSR count). The summed E-state index contributed by atoms with van der Waals surface area (Å²) in [6.45, 7) is 2.37. The minimum Gasteiger partial charge on any atom is -0.340 e. The lowest BCUT2D eigenvalue weighted by atomic mass is 10.2. The summed E-state index contributed by atoms with van der Waals surface area (Å²) in [7, 11) is -4.28. The first-order chi connectivity index (χ1) is 11.2. The molecule has 0 spiro atoms. The summed E-state index contributed by atoms with van der Waals surface area (Å²) in [6, 6.07) is 1.30. The predicted molar refractivity (Wildman–Crippen MR) is 78.9 cm³/mol. The summed E-state index contributed by atoms with van der Waals surface area (Å²) < 4.78 is 65.9. The summed E-state index contributed by atoms with van der Waals surface area (Å²) >= 11 is 0. The zero-order valence-electron chi connectivity index (χ0n) is 13.0. The summed E-state index contributed by atoms with van der Waals surface area (Å²) in [5, 5.41) is 0. The third kappa shape index (κ3) is 2.90. The van der Waals surface area contributed by atoms with Crippen molar-refractivity contribution in [3.8, 4) is 0 Å². The van der Waals surface area contributed by atoms with Crippen LogP contribution in [-0.2, 0) is 14.8 Å². The minimum absolute atomic E-state index is 0.00634. The van der Waals surface area contributed by atoms with Crippen molar-refractivity contribution in [1.82, 2.24) is 9.21 Å². The number of halogens is 3. The lowest BCUT2D eigenvalue weighted by Crippen LogP contribution is -2.51. The zero-order valence-corrected chi connectivity index (χ0v) is 13.8. The van der Waals surface area contributed by atoms with Crippen LogP contribution in [0.5, 0.6) is 0 Å². The van der Waals surface area contributed by atoms with Gasteiger partial charge >= 0.3 is 0 Å². The third-order valence-electron chi connectivity index (χ3n) is 4.59. The second-order valence-corrected chi connectivity index (χ2v) is 8.13. The van der Waals surface area contributed by atoms with Gasteiger partial charge in [0, 0.05) is 32.1 Å². The van der Waals surface area contributed by atoms with Crippen LogP contribution in [0.1, 0.15) is 13.3 Å². The number of nitrogens with zero attached hydrogens (tertiary/aromatic N) is 2. The summed E-state index contributed by atoms with van der Waals surface area (Å²) in [5.74, 6) is -4.60. The van der Waals surface area contributed by atoms with E-state index in [-0.39, 0.29) is 38.0 Å². The van der Waals surface area contributed by atoms with E-state index in [1.807, 2.05) is 6.92 Å². The number of sulfonamides is 1. The van der Waals surface area contributed by atoms with Crippen LogP contribution in [0.15, 0.2) is 17.0 Å². The fourth-order valence-electron chi connectivity index (χ4n) is 2.90. The summed E-state index contributed by atoms with van der Waals surface area (Å²) in [5.41, 5.74) is 0. The second kappa shape index (κ2) is 6.03. The Kier molecular flexibility index (Phi) is 4.33. The van der Waals surface area contributed by atoms with Gasteiger partial charge in [0.25, 0.3) is 0 Å². The van der Waals surface area contributed by atoms with E-state index in [4.69, 9.17) is 0 Å². The largest absolute Gasteiger partial charge is 0.340 e. The van der Waals surface area contributed by atoms with Gasteiger partial charge in [0.1, 0.15) is 4.90 Å². The first-order valence-corrected chi connectivity index (χ1v) is 9.10. The molecule has 1 heterocycles. The van der Waals surface area contributed by atoms with Gasteiger partial charge in [-0.1, -0.05) is 6.92 Å². The molecule has 9 heteroatoms. The Morgan fingerprint density at radius 1 is 1.08 bits per heavy atom. The smallest absolute Gasteiger partial charge is 0.246 e. The molecule has 1 aromatic rings. The van der Waals surface area contributed by atoms with E-state index in [0.717, 1.165) is 10.7 Å². The van der Waals surface area contributed by atoms with Crippen molar-refractivity contribution < 1.29 is 26.4 Å². The van der Waals surface area contributed by atoms with Gasteiger partial charge in [-0.3, -0.25) is 4.79 Å². The maximum atomic E-state index is 13.8. The van der Waals surface area contributed by atoms with Gasteiger partial charge in [0.15, 0.2) is 17.5 Å². The normalized spacial score (nSPS) is 24.9. The van der Waals surface area contributed by atoms with Crippen molar-refractivity contribution in [2.24, 2.45) is 11.8 Å². The zero-order chi connectivity index (χ0) is 17.6. The molecule has 2 aliphatic rings. The van der Waals surface area contributed by atoms with Crippen LogP contribution in [0, 0.1) is 29.3 Å². The molecule has 1 aliphatic carbocycles. The molecule has 0 N–H and O–H groups in total. The molecule has 1 aliphatic heterocycles. The SMILES string of the molecule is CC1CC1C(=O)N1CCN(S(=O)(=O)c2ccc(F)c(F)c2F)CC1. The molecule has 0 bridgehead atoms. The number of amides is 1. The Hall–Kier alpha value is -1.61. The van der Waals surface area contributed by atoms with Gasteiger partial charge in [0.2, 0.25) is 15.9 Å². The number of hydrogen-bond donors (Lipinski definition) is 0. The Labute approximate surface area is 138 Å². The molecule has 2 unspecified atom stereocenters. The maximum Gasteiger partial charge on any atom is 0.246 e. The third-order valence-corrected chi connectivity index (χ3v) is 6.51. The molecular weight excluding hydrogens is 345 g/mol. The summed E-state index contributed by atoms with van der Waals surface area (Å²) in [6.07, 6.45) is 0.845. The van der Waals surface area contributed by atoms with Crippen LogP contribution in [0.25, 0.3) is 0 Å². The second-order valence-electron chi connectivity index (χ2n) is 6.22. The monoisotopic (exact) mass is 362 g/mol. The molecule has 1 amide bonds. The van der Waals surface area contributed by atoms with Gasteiger partial charge in [0.05, 0.1) is 0 Å². The lowest BCUT2D eigenvalue weighted by molar-refractivity contribution is -0.134. The Balaban J connectivity index is 1.73. The molecule has 132 valence electrons. The highest BCUT2D eigenvalue weighted by Crippen LogP contribution is 2.39. The van der Waals surface area contributed by atoms with E-state index < -0.39 is 32.4 Å². The van der Waals surface area contributed by atoms with Crippen molar-refractivity contribution in [3.63, 3.8) is 0 Å². The molecule has 0 radical (unpaired) electrons. The average Bonchev–Trinajstić information content (AvgIpc) is 3.28. The van der Waals surface area contributed by atoms with Crippen molar-refractivity contribution in [3.05, 3.63) is 29.6 Å². The number of benzene rings is 1. The quantitative estimate of drug-likeness (QED) is 0.768. The van der Waals surface area contributed by atoms with Crippen LogP contribution in [-0.4, -0.2) is 49.7 Å². The molecule has 5 nitrogen and oxygen atoms in total. The summed E-state index contributed by atoms with van der Waals surface area (Å²) in [4.78, 5) is 12.8. The number of rotatable bonds is 3. The molecule has 1 saturated heterocycles.